The standard InChI is InChI=1S/C22H29N3O2/c1-14(2)17-9-11-18(12-10-17)16(5)24-21(26)19-7-6-8-20(13-19)25-22(27)23-15(3)4/h6-16H,1-5H3,(H,24,26)(H2,23,25,27). The van der Waals surface area contributed by atoms with E-state index in [1.807, 2.05) is 20.8 Å². The molecule has 0 spiro atoms. The van der Waals surface area contributed by atoms with Crippen molar-refractivity contribution in [2.45, 2.75) is 52.6 Å². The Labute approximate surface area is 161 Å². The Morgan fingerprint density at radius 3 is 2.04 bits per heavy atom. The highest BCUT2D eigenvalue weighted by molar-refractivity contribution is 5.97. The molecule has 0 radical (unpaired) electrons. The molecule has 0 aromatic heterocycles. The third-order valence-electron chi connectivity index (χ3n) is 4.25. The highest BCUT2D eigenvalue weighted by Gasteiger charge is 2.13. The fraction of sp³-hybridized carbons (Fsp3) is 0.364. The first-order chi connectivity index (χ1) is 12.8. The number of benzene rings is 2. The summed E-state index contributed by atoms with van der Waals surface area (Å²) in [5, 5.41) is 8.50. The van der Waals surface area contributed by atoms with Crippen molar-refractivity contribution in [1.82, 2.24) is 10.6 Å². The molecule has 0 saturated heterocycles. The number of carbonyl (C=O) groups excluding carboxylic acids is 2. The average Bonchev–Trinajstić information content (AvgIpc) is 2.61. The van der Waals surface area contributed by atoms with E-state index in [2.05, 4.69) is 54.1 Å². The van der Waals surface area contributed by atoms with Crippen LogP contribution in [0.25, 0.3) is 0 Å². The number of urea groups is 1. The van der Waals surface area contributed by atoms with Crippen LogP contribution in [0.15, 0.2) is 48.5 Å². The van der Waals surface area contributed by atoms with Crippen LogP contribution in [-0.2, 0) is 0 Å². The maximum absolute atomic E-state index is 12.6. The summed E-state index contributed by atoms with van der Waals surface area (Å²) in [6, 6.07) is 14.8. The molecule has 0 aliphatic rings. The summed E-state index contributed by atoms with van der Waals surface area (Å²) in [5.74, 6) is 0.301. The van der Waals surface area contributed by atoms with Gasteiger partial charge in [-0.15, -0.1) is 0 Å². The predicted octanol–water partition coefficient (Wildman–Crippen LogP) is 4.83. The van der Waals surface area contributed by atoms with Gasteiger partial charge in [0.2, 0.25) is 0 Å². The first kappa shape index (κ1) is 20.5. The molecular formula is C22H29N3O2. The quantitative estimate of drug-likeness (QED) is 0.684. The van der Waals surface area contributed by atoms with Crippen LogP contribution < -0.4 is 16.0 Å². The van der Waals surface area contributed by atoms with Crippen molar-refractivity contribution in [2.24, 2.45) is 0 Å². The van der Waals surface area contributed by atoms with E-state index in [1.54, 1.807) is 24.3 Å². The van der Waals surface area contributed by atoms with E-state index in [0.717, 1.165) is 5.56 Å². The number of carbonyl (C=O) groups is 2. The predicted molar refractivity (Wildman–Crippen MR) is 110 cm³/mol. The lowest BCUT2D eigenvalue weighted by Crippen LogP contribution is -2.34. The minimum atomic E-state index is -0.291. The molecule has 5 heteroatoms. The maximum atomic E-state index is 12.6. The Bertz CT molecular complexity index is 782. The van der Waals surface area contributed by atoms with Gasteiger partial charge in [0.15, 0.2) is 0 Å². The van der Waals surface area contributed by atoms with E-state index in [1.165, 1.54) is 5.56 Å². The van der Waals surface area contributed by atoms with Gasteiger partial charge in [-0.3, -0.25) is 4.79 Å². The number of rotatable bonds is 6. The Morgan fingerprint density at radius 1 is 0.815 bits per heavy atom. The molecule has 2 rings (SSSR count). The first-order valence-electron chi connectivity index (χ1n) is 9.34. The van der Waals surface area contributed by atoms with Crippen LogP contribution in [-0.4, -0.2) is 18.0 Å². The van der Waals surface area contributed by atoms with E-state index in [-0.39, 0.29) is 24.0 Å². The van der Waals surface area contributed by atoms with Crippen molar-refractivity contribution in [3.8, 4) is 0 Å². The summed E-state index contributed by atoms with van der Waals surface area (Å²) in [4.78, 5) is 24.4. The second kappa shape index (κ2) is 9.21. The monoisotopic (exact) mass is 367 g/mol. The van der Waals surface area contributed by atoms with Crippen LogP contribution in [0, 0.1) is 0 Å². The summed E-state index contributed by atoms with van der Waals surface area (Å²) in [5.41, 5.74) is 3.41. The molecule has 3 amide bonds. The molecule has 3 N–H and O–H groups in total. The van der Waals surface area contributed by atoms with Gasteiger partial charge in [0.05, 0.1) is 6.04 Å². The lowest BCUT2D eigenvalue weighted by molar-refractivity contribution is 0.0940. The van der Waals surface area contributed by atoms with Crippen molar-refractivity contribution >= 4 is 17.6 Å². The Kier molecular flexibility index (Phi) is 6.99. The third kappa shape index (κ3) is 6.13. The molecule has 1 atom stereocenters. The van der Waals surface area contributed by atoms with Crippen molar-refractivity contribution in [2.75, 3.05) is 5.32 Å². The van der Waals surface area contributed by atoms with E-state index < -0.39 is 0 Å². The largest absolute Gasteiger partial charge is 0.346 e. The molecule has 2 aromatic rings. The van der Waals surface area contributed by atoms with Crippen molar-refractivity contribution in [3.05, 3.63) is 65.2 Å². The van der Waals surface area contributed by atoms with Crippen LogP contribution in [0.4, 0.5) is 10.5 Å². The van der Waals surface area contributed by atoms with Crippen LogP contribution in [0.3, 0.4) is 0 Å². The Morgan fingerprint density at radius 2 is 1.44 bits per heavy atom. The van der Waals surface area contributed by atoms with Gasteiger partial charge >= 0.3 is 6.03 Å². The van der Waals surface area contributed by atoms with E-state index in [4.69, 9.17) is 0 Å². The van der Waals surface area contributed by atoms with E-state index in [9.17, 15) is 9.59 Å². The molecule has 0 heterocycles. The second-order valence-electron chi connectivity index (χ2n) is 7.35. The second-order valence-corrected chi connectivity index (χ2v) is 7.35. The molecule has 0 aliphatic carbocycles. The highest BCUT2D eigenvalue weighted by Crippen LogP contribution is 2.19. The van der Waals surface area contributed by atoms with Gasteiger partial charge in [-0.25, -0.2) is 4.79 Å². The lowest BCUT2D eigenvalue weighted by Gasteiger charge is -2.16. The topological polar surface area (TPSA) is 70.2 Å². The lowest BCUT2D eigenvalue weighted by atomic mass is 9.99. The minimum Gasteiger partial charge on any atom is -0.346 e. The Balaban J connectivity index is 2.02. The highest BCUT2D eigenvalue weighted by atomic mass is 16.2. The normalized spacial score (nSPS) is 12.0. The molecule has 5 nitrogen and oxygen atoms in total. The zero-order chi connectivity index (χ0) is 20.0. The number of anilines is 1. The first-order valence-corrected chi connectivity index (χ1v) is 9.34. The molecule has 144 valence electrons. The number of hydrogen-bond donors (Lipinski definition) is 3. The fourth-order valence-electron chi connectivity index (χ4n) is 2.70. The van der Waals surface area contributed by atoms with E-state index in [0.29, 0.717) is 17.2 Å². The zero-order valence-electron chi connectivity index (χ0n) is 16.7. The van der Waals surface area contributed by atoms with Crippen LogP contribution in [0.2, 0.25) is 0 Å². The molecule has 0 saturated carbocycles. The molecule has 27 heavy (non-hydrogen) atoms. The van der Waals surface area contributed by atoms with Gasteiger partial charge in [0.1, 0.15) is 0 Å². The summed E-state index contributed by atoms with van der Waals surface area (Å²) < 4.78 is 0. The third-order valence-corrected chi connectivity index (χ3v) is 4.25. The van der Waals surface area contributed by atoms with Gasteiger partial charge in [0, 0.05) is 17.3 Å². The van der Waals surface area contributed by atoms with Crippen LogP contribution in [0.5, 0.6) is 0 Å². The van der Waals surface area contributed by atoms with E-state index >= 15 is 0 Å². The van der Waals surface area contributed by atoms with Crippen molar-refractivity contribution < 1.29 is 9.59 Å². The molecule has 1 unspecified atom stereocenters. The van der Waals surface area contributed by atoms with Crippen molar-refractivity contribution in [3.63, 3.8) is 0 Å². The fourth-order valence-corrected chi connectivity index (χ4v) is 2.70. The molecule has 2 aromatic carbocycles. The molecule has 0 bridgehead atoms. The minimum absolute atomic E-state index is 0.0411. The van der Waals surface area contributed by atoms with Crippen molar-refractivity contribution in [1.29, 1.82) is 0 Å². The van der Waals surface area contributed by atoms with Crippen LogP contribution >= 0.6 is 0 Å². The van der Waals surface area contributed by atoms with Crippen LogP contribution in [0.1, 0.15) is 68.1 Å². The zero-order valence-corrected chi connectivity index (χ0v) is 16.7. The van der Waals surface area contributed by atoms with Gasteiger partial charge in [0.25, 0.3) is 5.91 Å². The summed E-state index contributed by atoms with van der Waals surface area (Å²) >= 11 is 0. The van der Waals surface area contributed by atoms with Gasteiger partial charge in [-0.05, 0) is 56.0 Å². The number of nitrogens with one attached hydrogen (secondary N) is 3. The average molecular weight is 367 g/mol. The smallest absolute Gasteiger partial charge is 0.319 e. The summed E-state index contributed by atoms with van der Waals surface area (Å²) in [6.07, 6.45) is 0. The molecule has 0 fully saturated rings. The summed E-state index contributed by atoms with van der Waals surface area (Å²) in [7, 11) is 0. The van der Waals surface area contributed by atoms with Gasteiger partial charge in [-0.1, -0.05) is 44.2 Å². The Hall–Kier alpha value is -2.82. The maximum Gasteiger partial charge on any atom is 0.319 e. The SMILES string of the molecule is CC(C)NC(=O)Nc1cccc(C(=O)NC(C)c2ccc(C(C)C)cc2)c1. The van der Waals surface area contributed by atoms with Gasteiger partial charge in [-0.2, -0.15) is 0 Å². The number of hydrogen-bond acceptors (Lipinski definition) is 2. The van der Waals surface area contributed by atoms with Gasteiger partial charge < -0.3 is 16.0 Å². The molecular weight excluding hydrogens is 338 g/mol. The molecule has 0 aliphatic heterocycles. The summed E-state index contributed by atoms with van der Waals surface area (Å²) in [6.45, 7) is 10.0. The number of amides is 3.